The molecule has 1 atom stereocenters. The summed E-state index contributed by atoms with van der Waals surface area (Å²) in [5.74, 6) is 4.08. The summed E-state index contributed by atoms with van der Waals surface area (Å²) in [6.07, 6.45) is 1.21. The lowest BCUT2D eigenvalue weighted by Crippen LogP contribution is -2.60. The number of thioether (sulfide) groups is 1. The molecule has 2 N–H and O–H groups in total. The first kappa shape index (κ1) is 21.8. The van der Waals surface area contributed by atoms with E-state index in [9.17, 15) is 0 Å². The molecule has 2 saturated heterocycles. The number of aliphatic imine (C=N–C) groups is 1. The Morgan fingerprint density at radius 2 is 2.08 bits per heavy atom. The highest BCUT2D eigenvalue weighted by Gasteiger charge is 2.40. The fourth-order valence-electron chi connectivity index (χ4n) is 3.53. The van der Waals surface area contributed by atoms with Crippen molar-refractivity contribution in [3.05, 3.63) is 17.0 Å². The maximum Gasteiger partial charge on any atom is 0.191 e. The molecule has 0 amide bonds. The molecular weight excluding hydrogens is 465 g/mol. The molecule has 7 nitrogen and oxygen atoms in total. The quantitative estimate of drug-likeness (QED) is 0.367. The van der Waals surface area contributed by atoms with E-state index in [2.05, 4.69) is 25.7 Å². The summed E-state index contributed by atoms with van der Waals surface area (Å²) in [6, 6.07) is 0. The second-order valence-corrected chi connectivity index (χ2v) is 7.81. The Hall–Kier alpha value is -0.520. The van der Waals surface area contributed by atoms with Gasteiger partial charge in [0.1, 0.15) is 5.76 Å². The third-order valence-electron chi connectivity index (χ3n) is 5.19. The number of guanidine groups is 1. The molecule has 1 unspecified atom stereocenters. The average Bonchev–Trinajstić information content (AvgIpc) is 3.25. The maximum absolute atomic E-state index is 5.53. The standard InChI is InChI=1S/C17H29N5O2S.HI/c1-13-15(14(2)24-21-13)10-19-16(18-3)20-11-17(4-9-25-12-17)22-5-7-23-8-6-22;/h4-12H2,1-3H3,(H2,18,19,20);1H. The second kappa shape index (κ2) is 10.1. The first-order valence-electron chi connectivity index (χ1n) is 8.91. The Kier molecular flexibility index (Phi) is 8.49. The van der Waals surface area contributed by atoms with E-state index in [0.29, 0.717) is 6.54 Å². The van der Waals surface area contributed by atoms with Gasteiger partial charge >= 0.3 is 0 Å². The molecule has 0 bridgehead atoms. The summed E-state index contributed by atoms with van der Waals surface area (Å²) in [5.41, 5.74) is 2.23. The predicted molar refractivity (Wildman–Crippen MR) is 117 cm³/mol. The van der Waals surface area contributed by atoms with Crippen LogP contribution in [0, 0.1) is 13.8 Å². The van der Waals surface area contributed by atoms with Gasteiger partial charge in [-0.2, -0.15) is 11.8 Å². The van der Waals surface area contributed by atoms with Gasteiger partial charge in [-0.1, -0.05) is 5.16 Å². The Labute approximate surface area is 177 Å². The van der Waals surface area contributed by atoms with Crippen molar-refractivity contribution in [2.75, 3.05) is 51.4 Å². The maximum atomic E-state index is 5.53. The number of rotatable bonds is 5. The monoisotopic (exact) mass is 495 g/mol. The molecule has 1 aromatic heterocycles. The molecule has 0 spiro atoms. The van der Waals surface area contributed by atoms with E-state index < -0.39 is 0 Å². The van der Waals surface area contributed by atoms with Crippen LogP contribution in [0.5, 0.6) is 0 Å². The SMILES string of the molecule is CN=C(NCc1c(C)noc1C)NCC1(N2CCOCC2)CCSC1.I. The number of ether oxygens (including phenoxy) is 1. The van der Waals surface area contributed by atoms with Crippen LogP contribution in [-0.2, 0) is 11.3 Å². The number of nitrogens with one attached hydrogen (secondary N) is 2. The van der Waals surface area contributed by atoms with Crippen molar-refractivity contribution in [1.29, 1.82) is 0 Å². The van der Waals surface area contributed by atoms with Crippen LogP contribution in [0.25, 0.3) is 0 Å². The van der Waals surface area contributed by atoms with Gasteiger partial charge in [-0.15, -0.1) is 24.0 Å². The van der Waals surface area contributed by atoms with E-state index in [-0.39, 0.29) is 29.5 Å². The van der Waals surface area contributed by atoms with Gasteiger partial charge in [0.2, 0.25) is 0 Å². The molecule has 0 aromatic carbocycles. The molecule has 26 heavy (non-hydrogen) atoms. The molecular formula is C17H30IN5O2S. The van der Waals surface area contributed by atoms with Crippen LogP contribution in [0.4, 0.5) is 0 Å². The third-order valence-corrected chi connectivity index (χ3v) is 6.42. The molecule has 2 aliphatic rings. The van der Waals surface area contributed by atoms with Gasteiger partial charge in [0.05, 0.1) is 18.9 Å². The minimum absolute atomic E-state index is 0. The topological polar surface area (TPSA) is 74.9 Å². The highest BCUT2D eigenvalue weighted by Crippen LogP contribution is 2.33. The molecule has 2 aliphatic heterocycles. The molecule has 1 aromatic rings. The van der Waals surface area contributed by atoms with Gasteiger partial charge in [0, 0.05) is 50.1 Å². The molecule has 9 heteroatoms. The van der Waals surface area contributed by atoms with Gasteiger partial charge in [-0.25, -0.2) is 0 Å². The van der Waals surface area contributed by atoms with E-state index in [1.165, 1.54) is 17.9 Å². The van der Waals surface area contributed by atoms with Crippen LogP contribution in [0.1, 0.15) is 23.4 Å². The van der Waals surface area contributed by atoms with Crippen molar-refractivity contribution in [3.8, 4) is 0 Å². The Balaban J connectivity index is 0.00000243. The average molecular weight is 495 g/mol. The first-order valence-corrected chi connectivity index (χ1v) is 10.1. The van der Waals surface area contributed by atoms with Crippen LogP contribution in [0.3, 0.4) is 0 Å². The second-order valence-electron chi connectivity index (χ2n) is 6.71. The summed E-state index contributed by atoms with van der Waals surface area (Å²) in [7, 11) is 1.81. The van der Waals surface area contributed by atoms with Crippen molar-refractivity contribution in [1.82, 2.24) is 20.7 Å². The van der Waals surface area contributed by atoms with Crippen molar-refractivity contribution in [3.63, 3.8) is 0 Å². The minimum Gasteiger partial charge on any atom is -0.379 e. The zero-order valence-electron chi connectivity index (χ0n) is 15.8. The van der Waals surface area contributed by atoms with Crippen LogP contribution >= 0.6 is 35.7 Å². The Bertz CT molecular complexity index is 578. The summed E-state index contributed by atoms with van der Waals surface area (Å²) in [6.45, 7) is 9.20. The number of aryl methyl sites for hydroxylation is 2. The summed E-state index contributed by atoms with van der Waals surface area (Å²) in [4.78, 5) is 6.98. The predicted octanol–water partition coefficient (Wildman–Crippen LogP) is 1.78. The normalized spacial score (nSPS) is 24.3. The van der Waals surface area contributed by atoms with Crippen LogP contribution < -0.4 is 10.6 Å². The lowest BCUT2D eigenvalue weighted by atomic mass is 9.95. The van der Waals surface area contributed by atoms with Gasteiger partial charge in [0.25, 0.3) is 0 Å². The van der Waals surface area contributed by atoms with Crippen LogP contribution in [0.15, 0.2) is 9.52 Å². The third kappa shape index (κ3) is 5.05. The zero-order valence-corrected chi connectivity index (χ0v) is 19.0. The zero-order chi connectivity index (χ0) is 17.7. The fourth-order valence-corrected chi connectivity index (χ4v) is 5.01. The number of hydrogen-bond donors (Lipinski definition) is 2. The lowest BCUT2D eigenvalue weighted by Gasteiger charge is -2.43. The van der Waals surface area contributed by atoms with Crippen molar-refractivity contribution < 1.29 is 9.26 Å². The van der Waals surface area contributed by atoms with E-state index in [0.717, 1.165) is 55.8 Å². The minimum atomic E-state index is 0. The van der Waals surface area contributed by atoms with Crippen molar-refractivity contribution in [2.45, 2.75) is 32.4 Å². The van der Waals surface area contributed by atoms with E-state index in [4.69, 9.17) is 9.26 Å². The van der Waals surface area contributed by atoms with Crippen LogP contribution in [-0.4, -0.2) is 73.0 Å². The number of nitrogens with zero attached hydrogens (tertiary/aromatic N) is 3. The highest BCUT2D eigenvalue weighted by molar-refractivity contribution is 14.0. The first-order chi connectivity index (χ1) is 12.1. The van der Waals surface area contributed by atoms with Gasteiger partial charge in [0.15, 0.2) is 5.96 Å². The number of aromatic nitrogens is 1. The fraction of sp³-hybridized carbons (Fsp3) is 0.765. The molecule has 3 heterocycles. The molecule has 0 aliphatic carbocycles. The van der Waals surface area contributed by atoms with Gasteiger partial charge in [-0.3, -0.25) is 9.89 Å². The van der Waals surface area contributed by atoms with Gasteiger partial charge in [-0.05, 0) is 26.0 Å². The largest absolute Gasteiger partial charge is 0.379 e. The van der Waals surface area contributed by atoms with E-state index in [1.807, 2.05) is 32.7 Å². The van der Waals surface area contributed by atoms with E-state index in [1.54, 1.807) is 0 Å². The highest BCUT2D eigenvalue weighted by atomic mass is 127. The number of morpholine rings is 1. The Morgan fingerprint density at radius 1 is 1.31 bits per heavy atom. The Morgan fingerprint density at radius 3 is 2.65 bits per heavy atom. The molecule has 148 valence electrons. The smallest absolute Gasteiger partial charge is 0.191 e. The molecule has 2 fully saturated rings. The summed E-state index contributed by atoms with van der Waals surface area (Å²) in [5, 5.41) is 10.9. The lowest BCUT2D eigenvalue weighted by molar-refractivity contribution is -0.0120. The summed E-state index contributed by atoms with van der Waals surface area (Å²) < 4.78 is 10.8. The number of halogens is 1. The molecule has 3 rings (SSSR count). The van der Waals surface area contributed by atoms with Gasteiger partial charge < -0.3 is 19.9 Å². The van der Waals surface area contributed by atoms with Crippen molar-refractivity contribution >= 4 is 41.7 Å². The van der Waals surface area contributed by atoms with Crippen LogP contribution in [0.2, 0.25) is 0 Å². The van der Waals surface area contributed by atoms with E-state index >= 15 is 0 Å². The summed E-state index contributed by atoms with van der Waals surface area (Å²) >= 11 is 2.05. The molecule has 0 radical (unpaired) electrons. The van der Waals surface area contributed by atoms with Crippen molar-refractivity contribution in [2.24, 2.45) is 4.99 Å². The number of hydrogen-bond acceptors (Lipinski definition) is 6. The molecule has 0 saturated carbocycles.